The van der Waals surface area contributed by atoms with E-state index in [9.17, 15) is 0 Å². The van der Waals surface area contributed by atoms with Crippen LogP contribution < -0.4 is 5.32 Å². The van der Waals surface area contributed by atoms with Crippen LogP contribution in [0.5, 0.6) is 0 Å². The second-order valence-electron chi connectivity index (χ2n) is 5.98. The summed E-state index contributed by atoms with van der Waals surface area (Å²) in [4.78, 5) is 2.58. The molecular formula is C18H30N2O. The maximum Gasteiger partial charge on any atom is 0.0700 e. The van der Waals surface area contributed by atoms with E-state index in [-0.39, 0.29) is 0 Å². The van der Waals surface area contributed by atoms with Gasteiger partial charge in [-0.3, -0.25) is 4.90 Å². The predicted molar refractivity (Wildman–Crippen MR) is 88.5 cm³/mol. The Morgan fingerprint density at radius 2 is 2.05 bits per heavy atom. The van der Waals surface area contributed by atoms with Gasteiger partial charge in [-0.15, -0.1) is 0 Å². The van der Waals surface area contributed by atoms with Gasteiger partial charge in [0.25, 0.3) is 0 Å². The number of hydrogen-bond donors (Lipinski definition) is 1. The van der Waals surface area contributed by atoms with Crippen molar-refractivity contribution in [2.45, 2.75) is 51.8 Å². The lowest BCUT2D eigenvalue weighted by molar-refractivity contribution is -0.0469. The fourth-order valence-electron chi connectivity index (χ4n) is 3.10. The van der Waals surface area contributed by atoms with Crippen LogP contribution in [-0.2, 0) is 4.74 Å². The zero-order chi connectivity index (χ0) is 15.1. The summed E-state index contributed by atoms with van der Waals surface area (Å²) in [6.07, 6.45) is 2.65. The maximum atomic E-state index is 5.81. The van der Waals surface area contributed by atoms with Crippen LogP contribution in [-0.4, -0.2) is 43.3 Å². The first kappa shape index (κ1) is 16.5. The summed E-state index contributed by atoms with van der Waals surface area (Å²) in [6, 6.07) is 11.7. The van der Waals surface area contributed by atoms with Crippen molar-refractivity contribution in [1.29, 1.82) is 0 Å². The molecule has 0 radical (unpaired) electrons. The maximum absolute atomic E-state index is 5.81. The number of morpholine rings is 1. The van der Waals surface area contributed by atoms with Gasteiger partial charge in [-0.25, -0.2) is 0 Å². The highest BCUT2D eigenvalue weighted by Crippen LogP contribution is 2.23. The number of benzene rings is 1. The summed E-state index contributed by atoms with van der Waals surface area (Å²) in [5.74, 6) is 0. The molecule has 3 heteroatoms. The molecule has 1 heterocycles. The first-order valence-electron chi connectivity index (χ1n) is 8.40. The molecular weight excluding hydrogens is 260 g/mol. The Balaban J connectivity index is 2.08. The van der Waals surface area contributed by atoms with E-state index in [4.69, 9.17) is 4.74 Å². The third kappa shape index (κ3) is 4.53. The van der Waals surface area contributed by atoms with E-state index in [1.165, 1.54) is 5.56 Å². The fraction of sp³-hybridized carbons (Fsp3) is 0.667. The van der Waals surface area contributed by atoms with E-state index in [1.807, 2.05) is 0 Å². The van der Waals surface area contributed by atoms with Gasteiger partial charge in [-0.2, -0.15) is 0 Å². The zero-order valence-electron chi connectivity index (χ0n) is 13.7. The molecule has 118 valence electrons. The number of ether oxygens (including phenoxy) is 1. The first-order valence-corrected chi connectivity index (χ1v) is 8.40. The van der Waals surface area contributed by atoms with Gasteiger partial charge in [0.1, 0.15) is 0 Å². The van der Waals surface area contributed by atoms with Crippen LogP contribution in [0.2, 0.25) is 0 Å². The van der Waals surface area contributed by atoms with Crippen LogP contribution in [0.1, 0.15) is 45.2 Å². The van der Waals surface area contributed by atoms with Crippen LogP contribution in [0.3, 0.4) is 0 Å². The zero-order valence-corrected chi connectivity index (χ0v) is 13.7. The van der Waals surface area contributed by atoms with Crippen molar-refractivity contribution >= 4 is 0 Å². The highest BCUT2D eigenvalue weighted by molar-refractivity contribution is 5.20. The van der Waals surface area contributed by atoms with E-state index in [1.54, 1.807) is 0 Å². The first-order chi connectivity index (χ1) is 10.3. The smallest absolute Gasteiger partial charge is 0.0700 e. The van der Waals surface area contributed by atoms with Crippen LogP contribution in [0.4, 0.5) is 0 Å². The topological polar surface area (TPSA) is 24.5 Å². The molecule has 0 spiro atoms. The molecule has 1 N–H and O–H groups in total. The summed E-state index contributed by atoms with van der Waals surface area (Å²) in [5.41, 5.74) is 1.39. The van der Waals surface area contributed by atoms with E-state index >= 15 is 0 Å². The van der Waals surface area contributed by atoms with E-state index in [2.05, 4.69) is 61.3 Å². The van der Waals surface area contributed by atoms with Crippen molar-refractivity contribution in [3.8, 4) is 0 Å². The van der Waals surface area contributed by atoms with Crippen molar-refractivity contribution in [2.75, 3.05) is 26.2 Å². The Morgan fingerprint density at radius 3 is 2.71 bits per heavy atom. The monoisotopic (exact) mass is 290 g/mol. The number of nitrogens with zero attached hydrogens (tertiary/aromatic N) is 1. The molecule has 1 saturated heterocycles. The largest absolute Gasteiger partial charge is 0.376 e. The van der Waals surface area contributed by atoms with E-state index < -0.39 is 0 Å². The molecule has 0 saturated carbocycles. The molecule has 0 bridgehead atoms. The van der Waals surface area contributed by atoms with Crippen molar-refractivity contribution in [2.24, 2.45) is 0 Å². The van der Waals surface area contributed by atoms with Gasteiger partial charge < -0.3 is 10.1 Å². The molecule has 3 unspecified atom stereocenters. The number of rotatable bonds is 7. The molecule has 1 aliphatic rings. The molecule has 0 aliphatic carbocycles. The summed E-state index contributed by atoms with van der Waals surface area (Å²) < 4.78 is 5.81. The Kier molecular flexibility index (Phi) is 6.68. The summed E-state index contributed by atoms with van der Waals surface area (Å²) in [7, 11) is 0. The second kappa shape index (κ2) is 8.52. The van der Waals surface area contributed by atoms with Crippen LogP contribution >= 0.6 is 0 Å². The predicted octanol–water partition coefficient (Wildman–Crippen LogP) is 3.23. The molecule has 1 aromatic carbocycles. The van der Waals surface area contributed by atoms with E-state index in [0.717, 1.165) is 39.1 Å². The van der Waals surface area contributed by atoms with Crippen LogP contribution in [0.15, 0.2) is 30.3 Å². The Labute approximate surface area is 129 Å². The molecule has 2 rings (SSSR count). The van der Waals surface area contributed by atoms with Gasteiger partial charge in [0, 0.05) is 25.2 Å². The minimum Gasteiger partial charge on any atom is -0.376 e. The van der Waals surface area contributed by atoms with Gasteiger partial charge in [0.2, 0.25) is 0 Å². The third-order valence-electron chi connectivity index (χ3n) is 4.46. The minimum absolute atomic E-state index is 0.391. The van der Waals surface area contributed by atoms with Crippen molar-refractivity contribution in [1.82, 2.24) is 10.2 Å². The van der Waals surface area contributed by atoms with Gasteiger partial charge in [0.15, 0.2) is 0 Å². The van der Waals surface area contributed by atoms with Crippen molar-refractivity contribution < 1.29 is 4.74 Å². The number of nitrogens with one attached hydrogen (secondary N) is 1. The molecule has 1 aliphatic heterocycles. The van der Waals surface area contributed by atoms with Crippen LogP contribution in [0, 0.1) is 0 Å². The fourth-order valence-corrected chi connectivity index (χ4v) is 3.10. The van der Waals surface area contributed by atoms with Gasteiger partial charge in [-0.05, 0) is 31.9 Å². The molecule has 0 amide bonds. The molecule has 0 aromatic heterocycles. The van der Waals surface area contributed by atoms with E-state index in [0.29, 0.717) is 18.2 Å². The number of hydrogen-bond acceptors (Lipinski definition) is 3. The summed E-state index contributed by atoms with van der Waals surface area (Å²) in [6.45, 7) is 10.8. The quantitative estimate of drug-likeness (QED) is 0.834. The lowest BCUT2D eigenvalue weighted by Crippen LogP contribution is -2.50. The SMILES string of the molecule is CCCNC(c1ccccc1)C(C)N1CCOC(CC)C1. The Morgan fingerprint density at radius 1 is 1.29 bits per heavy atom. The molecule has 1 fully saturated rings. The normalized spacial score (nSPS) is 22.9. The van der Waals surface area contributed by atoms with Gasteiger partial charge in [-0.1, -0.05) is 44.2 Å². The molecule has 3 nitrogen and oxygen atoms in total. The standard InChI is InChI=1S/C18H30N2O/c1-4-11-19-18(16-9-7-6-8-10-16)15(3)20-12-13-21-17(5-2)14-20/h6-10,15,17-19H,4-5,11-14H2,1-3H3. The molecule has 21 heavy (non-hydrogen) atoms. The minimum atomic E-state index is 0.391. The molecule has 3 atom stereocenters. The summed E-state index contributed by atoms with van der Waals surface area (Å²) in [5, 5.41) is 3.73. The molecule has 1 aromatic rings. The average Bonchev–Trinajstić information content (AvgIpc) is 2.56. The Bertz CT molecular complexity index is 395. The lowest BCUT2D eigenvalue weighted by Gasteiger charge is -2.40. The Hall–Kier alpha value is -0.900. The van der Waals surface area contributed by atoms with Crippen LogP contribution in [0.25, 0.3) is 0 Å². The van der Waals surface area contributed by atoms with Crippen molar-refractivity contribution in [3.05, 3.63) is 35.9 Å². The average molecular weight is 290 g/mol. The summed E-state index contributed by atoms with van der Waals surface area (Å²) >= 11 is 0. The van der Waals surface area contributed by atoms with Gasteiger partial charge >= 0.3 is 0 Å². The lowest BCUT2D eigenvalue weighted by atomic mass is 9.98. The third-order valence-corrected chi connectivity index (χ3v) is 4.46. The highest BCUT2D eigenvalue weighted by Gasteiger charge is 2.28. The van der Waals surface area contributed by atoms with Crippen molar-refractivity contribution in [3.63, 3.8) is 0 Å². The van der Waals surface area contributed by atoms with Gasteiger partial charge in [0.05, 0.1) is 12.7 Å². The highest BCUT2D eigenvalue weighted by atomic mass is 16.5. The second-order valence-corrected chi connectivity index (χ2v) is 5.98.